The summed E-state index contributed by atoms with van der Waals surface area (Å²) in [6.07, 6.45) is 0. The van der Waals surface area contributed by atoms with E-state index in [1.54, 1.807) is 55.6 Å². The molecule has 0 fully saturated rings. The van der Waals surface area contributed by atoms with Gasteiger partial charge in [0.05, 0.1) is 13.7 Å². The van der Waals surface area contributed by atoms with Gasteiger partial charge >= 0.3 is 0 Å². The van der Waals surface area contributed by atoms with Crippen molar-refractivity contribution in [3.63, 3.8) is 0 Å². The van der Waals surface area contributed by atoms with Gasteiger partial charge in [0.25, 0.3) is 5.91 Å². The monoisotopic (exact) mass is 343 g/mol. The fourth-order valence-electron chi connectivity index (χ4n) is 2.06. The molecule has 1 heterocycles. The number of ether oxygens (including phenoxy) is 1. The molecule has 0 unspecified atom stereocenters. The van der Waals surface area contributed by atoms with E-state index >= 15 is 0 Å². The van der Waals surface area contributed by atoms with E-state index in [0.29, 0.717) is 28.1 Å². The van der Waals surface area contributed by atoms with E-state index in [2.05, 4.69) is 15.5 Å². The van der Waals surface area contributed by atoms with Gasteiger partial charge in [-0.15, -0.1) is 10.2 Å². The molecular weight excluding hydrogens is 330 g/mol. The molecule has 0 atom stereocenters. The summed E-state index contributed by atoms with van der Waals surface area (Å²) in [5.74, 6) is 1.05. The summed E-state index contributed by atoms with van der Waals surface area (Å²) < 4.78 is 10.6. The molecule has 0 bridgehead atoms. The molecule has 122 valence electrons. The number of nitrogens with zero attached hydrogens (tertiary/aromatic N) is 2. The first-order valence-electron chi connectivity index (χ1n) is 7.16. The second-order valence-corrected chi connectivity index (χ2v) is 5.36. The maximum absolute atomic E-state index is 12.1. The predicted molar refractivity (Wildman–Crippen MR) is 88.9 cm³/mol. The van der Waals surface area contributed by atoms with Gasteiger partial charge < -0.3 is 14.5 Å². The summed E-state index contributed by atoms with van der Waals surface area (Å²) in [5, 5.41) is 11.2. The molecule has 3 rings (SSSR count). The largest absolute Gasteiger partial charge is 0.497 e. The Balaban J connectivity index is 1.64. The first-order chi connectivity index (χ1) is 11.7. The van der Waals surface area contributed by atoms with E-state index < -0.39 is 0 Å². The fourth-order valence-corrected chi connectivity index (χ4v) is 2.18. The van der Waals surface area contributed by atoms with Crippen LogP contribution in [0.2, 0.25) is 5.02 Å². The lowest BCUT2D eigenvalue weighted by atomic mass is 10.2. The minimum Gasteiger partial charge on any atom is -0.497 e. The Labute approximate surface area is 143 Å². The molecule has 1 N–H and O–H groups in total. The number of carbonyl (C=O) groups is 1. The third-order valence-electron chi connectivity index (χ3n) is 3.29. The molecule has 0 aliphatic rings. The Morgan fingerprint density at radius 1 is 1.21 bits per heavy atom. The fraction of sp³-hybridized carbons (Fsp3) is 0.118. The van der Waals surface area contributed by atoms with E-state index in [9.17, 15) is 4.79 Å². The lowest BCUT2D eigenvalue weighted by Crippen LogP contribution is -2.22. The van der Waals surface area contributed by atoms with Crippen molar-refractivity contribution < 1.29 is 13.9 Å². The van der Waals surface area contributed by atoms with Crippen LogP contribution in [-0.2, 0) is 6.54 Å². The SMILES string of the molecule is COc1cccc(C(=O)NCc2nnc(-c3ccc(Cl)cc3)o2)c1. The molecule has 0 aliphatic carbocycles. The Morgan fingerprint density at radius 3 is 2.75 bits per heavy atom. The van der Waals surface area contributed by atoms with Gasteiger partial charge in [0.2, 0.25) is 11.8 Å². The second-order valence-electron chi connectivity index (χ2n) is 4.92. The van der Waals surface area contributed by atoms with Crippen LogP contribution in [0.5, 0.6) is 5.75 Å². The lowest BCUT2D eigenvalue weighted by Gasteiger charge is -2.04. The smallest absolute Gasteiger partial charge is 0.251 e. The molecule has 0 radical (unpaired) electrons. The van der Waals surface area contributed by atoms with E-state index in [1.165, 1.54) is 0 Å². The van der Waals surface area contributed by atoms with E-state index in [1.807, 2.05) is 0 Å². The predicted octanol–water partition coefficient (Wildman–Crippen LogP) is 3.33. The molecule has 6 nitrogen and oxygen atoms in total. The number of hydrogen-bond acceptors (Lipinski definition) is 5. The van der Waals surface area contributed by atoms with Gasteiger partial charge in [0, 0.05) is 16.1 Å². The number of methoxy groups -OCH3 is 1. The van der Waals surface area contributed by atoms with Crippen LogP contribution in [0.3, 0.4) is 0 Å². The average Bonchev–Trinajstić information content (AvgIpc) is 3.09. The molecule has 0 spiro atoms. The van der Waals surface area contributed by atoms with Crippen LogP contribution >= 0.6 is 11.6 Å². The van der Waals surface area contributed by atoms with Crippen molar-refractivity contribution in [2.24, 2.45) is 0 Å². The molecular formula is C17H14ClN3O3. The molecule has 1 amide bonds. The van der Waals surface area contributed by atoms with Gasteiger partial charge in [-0.05, 0) is 42.5 Å². The van der Waals surface area contributed by atoms with Crippen molar-refractivity contribution in [2.75, 3.05) is 7.11 Å². The minimum absolute atomic E-state index is 0.136. The molecule has 7 heteroatoms. The van der Waals surface area contributed by atoms with Crippen LogP contribution < -0.4 is 10.1 Å². The zero-order valence-corrected chi connectivity index (χ0v) is 13.6. The van der Waals surface area contributed by atoms with Crippen LogP contribution in [0.4, 0.5) is 0 Å². The van der Waals surface area contributed by atoms with Crippen molar-refractivity contribution in [1.82, 2.24) is 15.5 Å². The number of amides is 1. The first-order valence-corrected chi connectivity index (χ1v) is 7.54. The van der Waals surface area contributed by atoms with E-state index in [4.69, 9.17) is 20.8 Å². The quantitative estimate of drug-likeness (QED) is 0.768. The summed E-state index contributed by atoms with van der Waals surface area (Å²) in [6, 6.07) is 13.9. The average molecular weight is 344 g/mol. The summed E-state index contributed by atoms with van der Waals surface area (Å²) in [5.41, 5.74) is 1.25. The summed E-state index contributed by atoms with van der Waals surface area (Å²) in [6.45, 7) is 0.136. The van der Waals surface area contributed by atoms with Crippen LogP contribution in [0, 0.1) is 0 Å². The van der Waals surface area contributed by atoms with Gasteiger partial charge in [0.15, 0.2) is 0 Å². The maximum Gasteiger partial charge on any atom is 0.251 e. The molecule has 24 heavy (non-hydrogen) atoms. The molecule has 0 aliphatic heterocycles. The number of benzene rings is 2. The van der Waals surface area contributed by atoms with Gasteiger partial charge in [-0.1, -0.05) is 17.7 Å². The summed E-state index contributed by atoms with van der Waals surface area (Å²) >= 11 is 5.85. The highest BCUT2D eigenvalue weighted by Crippen LogP contribution is 2.20. The normalized spacial score (nSPS) is 10.4. The number of rotatable bonds is 5. The van der Waals surface area contributed by atoms with Crippen LogP contribution in [0.15, 0.2) is 52.9 Å². The number of hydrogen-bond donors (Lipinski definition) is 1. The van der Waals surface area contributed by atoms with Gasteiger partial charge in [-0.3, -0.25) is 4.79 Å². The van der Waals surface area contributed by atoms with Crippen molar-refractivity contribution in [1.29, 1.82) is 0 Å². The molecule has 1 aromatic heterocycles. The maximum atomic E-state index is 12.1. The topological polar surface area (TPSA) is 77.2 Å². The van der Waals surface area contributed by atoms with Crippen molar-refractivity contribution in [2.45, 2.75) is 6.54 Å². The van der Waals surface area contributed by atoms with E-state index in [-0.39, 0.29) is 12.5 Å². The van der Waals surface area contributed by atoms with Crippen molar-refractivity contribution in [3.8, 4) is 17.2 Å². The highest BCUT2D eigenvalue weighted by Gasteiger charge is 2.11. The van der Waals surface area contributed by atoms with Crippen molar-refractivity contribution >= 4 is 17.5 Å². The summed E-state index contributed by atoms with van der Waals surface area (Å²) in [7, 11) is 1.55. The standard InChI is InChI=1S/C17H14ClN3O3/c1-23-14-4-2-3-12(9-14)16(22)19-10-15-20-21-17(24-15)11-5-7-13(18)8-6-11/h2-9H,10H2,1H3,(H,19,22). The van der Waals surface area contributed by atoms with Gasteiger partial charge in [-0.2, -0.15) is 0 Å². The Hall–Kier alpha value is -2.86. The zero-order valence-electron chi connectivity index (χ0n) is 12.8. The first kappa shape index (κ1) is 16.0. The zero-order chi connectivity index (χ0) is 16.9. The Kier molecular flexibility index (Phi) is 4.77. The van der Waals surface area contributed by atoms with E-state index in [0.717, 1.165) is 5.56 Å². The highest BCUT2D eigenvalue weighted by atomic mass is 35.5. The Bertz CT molecular complexity index is 846. The summed E-state index contributed by atoms with van der Waals surface area (Å²) in [4.78, 5) is 12.1. The minimum atomic E-state index is -0.250. The molecule has 0 saturated carbocycles. The van der Waals surface area contributed by atoms with Crippen LogP contribution in [0.25, 0.3) is 11.5 Å². The molecule has 3 aromatic rings. The van der Waals surface area contributed by atoms with Crippen molar-refractivity contribution in [3.05, 3.63) is 65.0 Å². The molecule has 0 saturated heterocycles. The van der Waals surface area contributed by atoms with Crippen LogP contribution in [0.1, 0.15) is 16.2 Å². The molecule has 2 aromatic carbocycles. The highest BCUT2D eigenvalue weighted by molar-refractivity contribution is 6.30. The number of carbonyl (C=O) groups excluding carboxylic acids is 1. The van der Waals surface area contributed by atoms with Gasteiger partial charge in [-0.25, -0.2) is 0 Å². The van der Waals surface area contributed by atoms with Crippen LogP contribution in [-0.4, -0.2) is 23.2 Å². The Morgan fingerprint density at radius 2 is 2.00 bits per heavy atom. The second kappa shape index (κ2) is 7.14. The number of nitrogens with one attached hydrogen (secondary N) is 1. The lowest BCUT2D eigenvalue weighted by molar-refractivity contribution is 0.0947. The number of halogens is 1. The number of aromatic nitrogens is 2. The van der Waals surface area contributed by atoms with Gasteiger partial charge in [0.1, 0.15) is 5.75 Å². The third-order valence-corrected chi connectivity index (χ3v) is 3.54. The third kappa shape index (κ3) is 3.72.